The van der Waals surface area contributed by atoms with E-state index in [1.54, 1.807) is 0 Å². The SMILES string of the molecule is CCC[C@@H](C[C@H]1C(O)C(C(=O)OC)C[C@H]1N)C(C)CNC(C)=O. The van der Waals surface area contributed by atoms with Crippen LogP contribution in [0.2, 0.25) is 0 Å². The number of nitrogens with one attached hydrogen (secondary N) is 1. The first-order valence-electron chi connectivity index (χ1n) is 8.57. The van der Waals surface area contributed by atoms with Crippen molar-refractivity contribution in [1.29, 1.82) is 0 Å². The van der Waals surface area contributed by atoms with Crippen LogP contribution in [0.5, 0.6) is 0 Å². The molecule has 4 N–H and O–H groups in total. The Kier molecular flexibility index (Phi) is 7.99. The molecule has 0 bridgehead atoms. The molecule has 0 spiro atoms. The Morgan fingerprint density at radius 1 is 1.43 bits per heavy atom. The molecule has 6 heteroatoms. The summed E-state index contributed by atoms with van der Waals surface area (Å²) < 4.78 is 4.76. The lowest BCUT2D eigenvalue weighted by Gasteiger charge is -2.30. The maximum absolute atomic E-state index is 11.8. The predicted molar refractivity (Wildman–Crippen MR) is 88.5 cm³/mol. The Labute approximate surface area is 139 Å². The summed E-state index contributed by atoms with van der Waals surface area (Å²) in [6.45, 7) is 6.37. The highest BCUT2D eigenvalue weighted by Crippen LogP contribution is 2.38. The van der Waals surface area contributed by atoms with E-state index in [2.05, 4.69) is 19.2 Å². The first-order chi connectivity index (χ1) is 10.8. The van der Waals surface area contributed by atoms with Crippen LogP contribution in [-0.4, -0.2) is 42.8 Å². The number of hydrogen-bond donors (Lipinski definition) is 3. The van der Waals surface area contributed by atoms with E-state index in [1.165, 1.54) is 14.0 Å². The van der Waals surface area contributed by atoms with E-state index in [-0.39, 0.29) is 23.8 Å². The number of amides is 1. The molecule has 23 heavy (non-hydrogen) atoms. The summed E-state index contributed by atoms with van der Waals surface area (Å²) in [6.07, 6.45) is 2.54. The van der Waals surface area contributed by atoms with Gasteiger partial charge in [-0.2, -0.15) is 0 Å². The number of ether oxygens (including phenoxy) is 1. The van der Waals surface area contributed by atoms with Crippen molar-refractivity contribution >= 4 is 11.9 Å². The Morgan fingerprint density at radius 2 is 2.09 bits per heavy atom. The molecule has 6 nitrogen and oxygen atoms in total. The Hall–Kier alpha value is -1.14. The number of aliphatic hydroxyl groups excluding tert-OH is 1. The number of esters is 1. The van der Waals surface area contributed by atoms with Crippen molar-refractivity contribution in [3.05, 3.63) is 0 Å². The van der Waals surface area contributed by atoms with Crippen molar-refractivity contribution in [2.75, 3.05) is 13.7 Å². The lowest BCUT2D eigenvalue weighted by molar-refractivity contribution is -0.149. The van der Waals surface area contributed by atoms with E-state index in [0.29, 0.717) is 24.8 Å². The minimum absolute atomic E-state index is 0.0320. The van der Waals surface area contributed by atoms with Gasteiger partial charge in [-0.1, -0.05) is 26.7 Å². The van der Waals surface area contributed by atoms with E-state index >= 15 is 0 Å². The summed E-state index contributed by atoms with van der Waals surface area (Å²) in [6, 6.07) is -0.193. The van der Waals surface area contributed by atoms with Crippen LogP contribution in [-0.2, 0) is 14.3 Å². The van der Waals surface area contributed by atoms with E-state index in [1.807, 2.05) is 0 Å². The van der Waals surface area contributed by atoms with Gasteiger partial charge in [-0.15, -0.1) is 0 Å². The molecule has 134 valence electrons. The average molecular weight is 328 g/mol. The zero-order valence-electron chi connectivity index (χ0n) is 14.7. The van der Waals surface area contributed by atoms with Crippen molar-refractivity contribution < 1.29 is 19.4 Å². The van der Waals surface area contributed by atoms with Gasteiger partial charge in [-0.25, -0.2) is 0 Å². The molecular weight excluding hydrogens is 296 g/mol. The van der Waals surface area contributed by atoms with Gasteiger partial charge in [0.2, 0.25) is 5.91 Å². The topological polar surface area (TPSA) is 102 Å². The fourth-order valence-corrected chi connectivity index (χ4v) is 3.69. The largest absolute Gasteiger partial charge is 0.469 e. The van der Waals surface area contributed by atoms with Gasteiger partial charge in [0, 0.05) is 25.4 Å². The van der Waals surface area contributed by atoms with Gasteiger partial charge >= 0.3 is 5.97 Å². The molecule has 0 radical (unpaired) electrons. The van der Waals surface area contributed by atoms with Gasteiger partial charge in [0.15, 0.2) is 0 Å². The fraction of sp³-hybridized carbons (Fsp3) is 0.882. The number of methoxy groups -OCH3 is 1. The van der Waals surface area contributed by atoms with Gasteiger partial charge in [0.25, 0.3) is 0 Å². The lowest BCUT2D eigenvalue weighted by Crippen LogP contribution is -2.36. The third-order valence-electron chi connectivity index (χ3n) is 5.14. The second-order valence-electron chi connectivity index (χ2n) is 6.88. The monoisotopic (exact) mass is 328 g/mol. The fourth-order valence-electron chi connectivity index (χ4n) is 3.69. The number of carbonyl (C=O) groups is 2. The highest BCUT2D eigenvalue weighted by atomic mass is 16.5. The molecule has 1 rings (SSSR count). The summed E-state index contributed by atoms with van der Waals surface area (Å²) in [4.78, 5) is 22.9. The van der Waals surface area contributed by atoms with Crippen LogP contribution < -0.4 is 11.1 Å². The summed E-state index contributed by atoms with van der Waals surface area (Å²) >= 11 is 0. The van der Waals surface area contributed by atoms with Crippen LogP contribution in [0.1, 0.15) is 46.5 Å². The van der Waals surface area contributed by atoms with E-state index < -0.39 is 12.0 Å². The Bertz CT molecular complexity index is 402. The maximum atomic E-state index is 11.8. The summed E-state index contributed by atoms with van der Waals surface area (Å²) in [5.41, 5.74) is 6.18. The highest BCUT2D eigenvalue weighted by Gasteiger charge is 2.45. The normalized spacial score (nSPS) is 29.8. The van der Waals surface area contributed by atoms with Crippen molar-refractivity contribution in [2.24, 2.45) is 29.4 Å². The predicted octanol–water partition coefficient (Wildman–Crippen LogP) is 1.06. The molecule has 1 fully saturated rings. The summed E-state index contributed by atoms with van der Waals surface area (Å²) in [5, 5.41) is 13.3. The van der Waals surface area contributed by atoms with Gasteiger partial charge < -0.3 is 20.9 Å². The van der Waals surface area contributed by atoms with Crippen molar-refractivity contribution in [2.45, 2.75) is 58.6 Å². The van der Waals surface area contributed by atoms with Crippen molar-refractivity contribution in [3.8, 4) is 0 Å². The molecule has 1 aliphatic carbocycles. The second-order valence-corrected chi connectivity index (χ2v) is 6.88. The molecule has 0 saturated heterocycles. The first-order valence-corrected chi connectivity index (χ1v) is 8.57. The quantitative estimate of drug-likeness (QED) is 0.578. The Morgan fingerprint density at radius 3 is 2.61 bits per heavy atom. The molecule has 0 aromatic heterocycles. The number of rotatable bonds is 8. The van der Waals surface area contributed by atoms with Crippen molar-refractivity contribution in [1.82, 2.24) is 5.32 Å². The minimum Gasteiger partial charge on any atom is -0.469 e. The summed E-state index contributed by atoms with van der Waals surface area (Å²) in [5.74, 6) is -0.378. The third-order valence-corrected chi connectivity index (χ3v) is 5.14. The van der Waals surface area contributed by atoms with Gasteiger partial charge in [-0.05, 0) is 24.7 Å². The maximum Gasteiger partial charge on any atom is 0.311 e. The van der Waals surface area contributed by atoms with Crippen LogP contribution in [0.25, 0.3) is 0 Å². The molecule has 0 aliphatic heterocycles. The number of hydrogen-bond acceptors (Lipinski definition) is 5. The molecule has 1 aliphatic rings. The molecular formula is C17H32N2O4. The van der Waals surface area contributed by atoms with Crippen LogP contribution in [0, 0.1) is 23.7 Å². The molecule has 6 atom stereocenters. The third kappa shape index (κ3) is 5.46. The van der Waals surface area contributed by atoms with Crippen LogP contribution in [0.3, 0.4) is 0 Å². The zero-order chi connectivity index (χ0) is 17.6. The van der Waals surface area contributed by atoms with E-state index in [0.717, 1.165) is 19.3 Å². The number of aliphatic hydroxyl groups is 1. The first kappa shape index (κ1) is 19.9. The molecule has 1 amide bonds. The highest BCUT2D eigenvalue weighted by molar-refractivity contribution is 5.73. The zero-order valence-corrected chi connectivity index (χ0v) is 14.7. The molecule has 3 unspecified atom stereocenters. The van der Waals surface area contributed by atoms with Crippen LogP contribution >= 0.6 is 0 Å². The lowest BCUT2D eigenvalue weighted by atomic mass is 9.80. The summed E-state index contributed by atoms with van der Waals surface area (Å²) in [7, 11) is 1.34. The standard InChI is InChI=1S/C17H32N2O4/c1-5-6-12(10(2)9-19-11(3)20)7-13-15(18)8-14(16(13)21)17(22)23-4/h10,12-16,21H,5-9,18H2,1-4H3,(H,19,20)/t10?,12-,13+,14?,15+,16?/m0/s1. The van der Waals surface area contributed by atoms with Gasteiger partial charge in [0.05, 0.1) is 19.1 Å². The van der Waals surface area contributed by atoms with Crippen LogP contribution in [0.15, 0.2) is 0 Å². The molecule has 1 saturated carbocycles. The Balaban J connectivity index is 2.71. The smallest absolute Gasteiger partial charge is 0.311 e. The minimum atomic E-state index is -0.746. The molecule has 0 aromatic rings. The van der Waals surface area contributed by atoms with E-state index in [9.17, 15) is 14.7 Å². The van der Waals surface area contributed by atoms with Crippen LogP contribution in [0.4, 0.5) is 0 Å². The number of nitrogens with two attached hydrogens (primary N) is 1. The van der Waals surface area contributed by atoms with E-state index in [4.69, 9.17) is 10.5 Å². The second kappa shape index (κ2) is 9.23. The van der Waals surface area contributed by atoms with Crippen molar-refractivity contribution in [3.63, 3.8) is 0 Å². The molecule has 0 aromatic carbocycles. The average Bonchev–Trinajstić information content (AvgIpc) is 2.79. The number of carbonyl (C=O) groups excluding carboxylic acids is 2. The van der Waals surface area contributed by atoms with Gasteiger partial charge in [0.1, 0.15) is 0 Å². The van der Waals surface area contributed by atoms with Gasteiger partial charge in [-0.3, -0.25) is 9.59 Å². The molecule has 0 heterocycles.